The van der Waals surface area contributed by atoms with Crippen LogP contribution in [0.15, 0.2) is 4.42 Å². The zero-order valence-electron chi connectivity index (χ0n) is 10.4. The average molecular weight is 241 g/mol. The second-order valence-electron chi connectivity index (χ2n) is 3.99. The number of nitrogens with two attached hydrogens (primary N) is 1. The Morgan fingerprint density at radius 2 is 2.24 bits per heavy atom. The third kappa shape index (κ3) is 4.39. The number of carbonyl (C=O) groups is 1. The van der Waals surface area contributed by atoms with E-state index in [0.717, 1.165) is 0 Å². The quantitative estimate of drug-likeness (QED) is 0.690. The highest BCUT2D eigenvalue weighted by Gasteiger charge is 2.14. The molecule has 1 amide bonds. The van der Waals surface area contributed by atoms with Crippen LogP contribution in [-0.2, 0) is 11.3 Å². The summed E-state index contributed by atoms with van der Waals surface area (Å²) >= 11 is 0. The molecule has 17 heavy (non-hydrogen) atoms. The van der Waals surface area contributed by atoms with Gasteiger partial charge in [0, 0.05) is 12.6 Å². The average Bonchev–Trinajstić information content (AvgIpc) is 2.71. The largest absolute Gasteiger partial charge is 0.407 e. The molecule has 3 N–H and O–H groups in total. The Bertz CT molecular complexity index is 363. The second kappa shape index (κ2) is 6.19. The molecule has 0 bridgehead atoms. The van der Waals surface area contributed by atoms with Gasteiger partial charge in [0.15, 0.2) is 0 Å². The Kier molecular flexibility index (Phi) is 4.89. The number of primary amides is 1. The van der Waals surface area contributed by atoms with Gasteiger partial charge >= 0.3 is 6.01 Å². The standard InChI is InChI=1S/C10H19N5O2/c1-4-15(6-8(11)16)10-14-13-9(17-10)5-12-7(2)3/h7,12H,4-6H2,1-3H3,(H2,11,16). The molecule has 0 fully saturated rings. The summed E-state index contributed by atoms with van der Waals surface area (Å²) in [5.74, 6) is 0.0727. The number of aromatic nitrogens is 2. The van der Waals surface area contributed by atoms with Gasteiger partial charge in [0.25, 0.3) is 0 Å². The summed E-state index contributed by atoms with van der Waals surface area (Å²) in [6.07, 6.45) is 0. The molecule has 1 aromatic heterocycles. The summed E-state index contributed by atoms with van der Waals surface area (Å²) in [5.41, 5.74) is 5.13. The van der Waals surface area contributed by atoms with Crippen molar-refractivity contribution in [3.05, 3.63) is 5.89 Å². The van der Waals surface area contributed by atoms with Crippen LogP contribution in [0.25, 0.3) is 0 Å². The minimum Gasteiger partial charge on any atom is -0.407 e. The van der Waals surface area contributed by atoms with Crippen LogP contribution in [0, 0.1) is 0 Å². The minimum atomic E-state index is -0.424. The van der Waals surface area contributed by atoms with Crippen molar-refractivity contribution in [2.24, 2.45) is 5.73 Å². The Hall–Kier alpha value is -1.63. The number of hydrogen-bond acceptors (Lipinski definition) is 6. The van der Waals surface area contributed by atoms with Crippen molar-refractivity contribution in [2.75, 3.05) is 18.0 Å². The fourth-order valence-corrected chi connectivity index (χ4v) is 1.24. The number of anilines is 1. The van der Waals surface area contributed by atoms with Gasteiger partial charge in [0.1, 0.15) is 6.54 Å². The summed E-state index contributed by atoms with van der Waals surface area (Å²) < 4.78 is 5.42. The molecular formula is C10H19N5O2. The molecule has 0 atom stereocenters. The van der Waals surface area contributed by atoms with Crippen LogP contribution in [0.3, 0.4) is 0 Å². The van der Waals surface area contributed by atoms with E-state index in [1.54, 1.807) is 4.90 Å². The van der Waals surface area contributed by atoms with Crippen molar-refractivity contribution < 1.29 is 9.21 Å². The van der Waals surface area contributed by atoms with Gasteiger partial charge in [-0.05, 0) is 6.92 Å². The Morgan fingerprint density at radius 1 is 1.53 bits per heavy atom. The molecule has 1 rings (SSSR count). The van der Waals surface area contributed by atoms with Crippen LogP contribution >= 0.6 is 0 Å². The summed E-state index contributed by atoms with van der Waals surface area (Å²) in [6.45, 7) is 7.13. The van der Waals surface area contributed by atoms with Crippen molar-refractivity contribution in [2.45, 2.75) is 33.4 Å². The number of carbonyl (C=O) groups excluding carboxylic acids is 1. The highest BCUT2D eigenvalue weighted by atomic mass is 16.4. The van der Waals surface area contributed by atoms with Gasteiger partial charge in [-0.3, -0.25) is 4.79 Å². The van der Waals surface area contributed by atoms with E-state index < -0.39 is 5.91 Å². The summed E-state index contributed by atoms with van der Waals surface area (Å²) in [5, 5.41) is 10.9. The third-order valence-electron chi connectivity index (χ3n) is 2.12. The van der Waals surface area contributed by atoms with E-state index in [-0.39, 0.29) is 6.54 Å². The van der Waals surface area contributed by atoms with E-state index in [0.29, 0.717) is 31.0 Å². The lowest BCUT2D eigenvalue weighted by Gasteiger charge is -2.14. The molecule has 0 aliphatic rings. The van der Waals surface area contributed by atoms with Gasteiger partial charge in [-0.25, -0.2) is 0 Å². The van der Waals surface area contributed by atoms with Crippen LogP contribution in [0.5, 0.6) is 0 Å². The van der Waals surface area contributed by atoms with Gasteiger partial charge in [-0.2, -0.15) is 0 Å². The lowest BCUT2D eigenvalue weighted by molar-refractivity contribution is -0.116. The number of nitrogens with one attached hydrogen (secondary N) is 1. The van der Waals surface area contributed by atoms with Crippen LogP contribution in [0.2, 0.25) is 0 Å². The monoisotopic (exact) mass is 241 g/mol. The normalized spacial score (nSPS) is 10.8. The van der Waals surface area contributed by atoms with Gasteiger partial charge in [0.05, 0.1) is 6.54 Å². The Morgan fingerprint density at radius 3 is 2.76 bits per heavy atom. The van der Waals surface area contributed by atoms with E-state index in [1.165, 1.54) is 0 Å². The molecule has 1 heterocycles. The second-order valence-corrected chi connectivity index (χ2v) is 3.99. The lowest BCUT2D eigenvalue weighted by atomic mass is 10.4. The number of nitrogens with zero attached hydrogens (tertiary/aromatic N) is 3. The zero-order valence-corrected chi connectivity index (χ0v) is 10.4. The first-order valence-corrected chi connectivity index (χ1v) is 5.62. The van der Waals surface area contributed by atoms with Crippen molar-refractivity contribution in [3.8, 4) is 0 Å². The fourth-order valence-electron chi connectivity index (χ4n) is 1.24. The van der Waals surface area contributed by atoms with Crippen LogP contribution in [0.4, 0.5) is 6.01 Å². The molecule has 0 aromatic carbocycles. The maximum absolute atomic E-state index is 10.8. The highest BCUT2D eigenvalue weighted by Crippen LogP contribution is 2.11. The van der Waals surface area contributed by atoms with E-state index in [4.69, 9.17) is 10.2 Å². The molecular weight excluding hydrogens is 222 g/mol. The Balaban J connectivity index is 2.61. The molecule has 0 spiro atoms. The molecule has 96 valence electrons. The first-order chi connectivity index (χ1) is 8.02. The molecule has 7 heteroatoms. The van der Waals surface area contributed by atoms with Crippen molar-refractivity contribution in [1.29, 1.82) is 0 Å². The third-order valence-corrected chi connectivity index (χ3v) is 2.12. The topological polar surface area (TPSA) is 97.3 Å². The van der Waals surface area contributed by atoms with Gasteiger partial charge in [0.2, 0.25) is 11.8 Å². The first-order valence-electron chi connectivity index (χ1n) is 5.62. The van der Waals surface area contributed by atoms with Crippen LogP contribution < -0.4 is 16.0 Å². The number of hydrogen-bond donors (Lipinski definition) is 2. The molecule has 7 nitrogen and oxygen atoms in total. The van der Waals surface area contributed by atoms with Crippen molar-refractivity contribution in [3.63, 3.8) is 0 Å². The molecule has 1 aromatic rings. The minimum absolute atomic E-state index is 0.0791. The maximum atomic E-state index is 10.8. The first kappa shape index (κ1) is 13.4. The van der Waals surface area contributed by atoms with E-state index in [2.05, 4.69) is 15.5 Å². The van der Waals surface area contributed by atoms with Gasteiger partial charge in [-0.1, -0.05) is 18.9 Å². The van der Waals surface area contributed by atoms with E-state index in [1.807, 2.05) is 20.8 Å². The summed E-state index contributed by atoms with van der Waals surface area (Å²) in [6, 6.07) is 0.671. The fraction of sp³-hybridized carbons (Fsp3) is 0.700. The molecule has 0 aliphatic carbocycles. The molecule has 0 aliphatic heterocycles. The zero-order chi connectivity index (χ0) is 12.8. The predicted octanol–water partition coefficient (Wildman–Crippen LogP) is -0.121. The SMILES string of the molecule is CCN(CC(N)=O)c1nnc(CNC(C)C)o1. The number of likely N-dealkylation sites (N-methyl/N-ethyl adjacent to an activating group) is 1. The van der Waals surface area contributed by atoms with Gasteiger partial charge < -0.3 is 20.4 Å². The molecule has 0 saturated heterocycles. The summed E-state index contributed by atoms with van der Waals surface area (Å²) in [7, 11) is 0. The maximum Gasteiger partial charge on any atom is 0.318 e. The molecule has 0 saturated carbocycles. The Labute approximate surface area is 100 Å². The smallest absolute Gasteiger partial charge is 0.318 e. The highest BCUT2D eigenvalue weighted by molar-refractivity contribution is 5.78. The molecule has 0 radical (unpaired) electrons. The van der Waals surface area contributed by atoms with Gasteiger partial charge in [-0.15, -0.1) is 5.10 Å². The van der Waals surface area contributed by atoms with E-state index in [9.17, 15) is 4.79 Å². The molecule has 0 unspecified atom stereocenters. The lowest BCUT2D eigenvalue weighted by Crippen LogP contribution is -2.33. The number of amides is 1. The van der Waals surface area contributed by atoms with Crippen LogP contribution in [0.1, 0.15) is 26.7 Å². The van der Waals surface area contributed by atoms with E-state index >= 15 is 0 Å². The van der Waals surface area contributed by atoms with Crippen molar-refractivity contribution in [1.82, 2.24) is 15.5 Å². The van der Waals surface area contributed by atoms with Crippen molar-refractivity contribution >= 4 is 11.9 Å². The number of rotatable bonds is 7. The summed E-state index contributed by atoms with van der Waals surface area (Å²) in [4.78, 5) is 12.5. The van der Waals surface area contributed by atoms with Crippen LogP contribution in [-0.4, -0.2) is 35.2 Å². The predicted molar refractivity (Wildman–Crippen MR) is 63.4 cm³/mol.